The molecule has 0 saturated heterocycles. The molecular formula is C23H28N4O5SSi. The zero-order valence-corrected chi connectivity index (χ0v) is 21.4. The lowest BCUT2D eigenvalue weighted by molar-refractivity contribution is 0.0801. The molecule has 180 valence electrons. The SMILES string of the molecule is C[SiH](C)CCOCn1nccc1-c1ccc(Oc2ccc3cc(COS(C)(=O)=O)nn3c2)cc1. The van der Waals surface area contributed by atoms with Crippen molar-refractivity contribution in [2.24, 2.45) is 0 Å². The lowest BCUT2D eigenvalue weighted by atomic mass is 10.1. The number of hydrogen-bond donors (Lipinski definition) is 0. The van der Waals surface area contributed by atoms with Gasteiger partial charge in [0.2, 0.25) is 0 Å². The molecule has 0 amide bonds. The molecule has 0 saturated carbocycles. The summed E-state index contributed by atoms with van der Waals surface area (Å²) in [5, 5.41) is 8.72. The molecule has 0 unspecified atom stereocenters. The topological polar surface area (TPSA) is 97.0 Å². The molecule has 9 nitrogen and oxygen atoms in total. The second kappa shape index (κ2) is 10.5. The number of pyridine rings is 1. The molecule has 3 heterocycles. The highest BCUT2D eigenvalue weighted by Gasteiger charge is 2.09. The number of hydrogen-bond acceptors (Lipinski definition) is 7. The maximum Gasteiger partial charge on any atom is 0.264 e. The van der Waals surface area contributed by atoms with Crippen LogP contribution in [0.4, 0.5) is 0 Å². The van der Waals surface area contributed by atoms with Crippen LogP contribution in [0.1, 0.15) is 5.69 Å². The first-order valence-corrected chi connectivity index (χ1v) is 15.9. The van der Waals surface area contributed by atoms with Crippen molar-refractivity contribution in [1.29, 1.82) is 0 Å². The van der Waals surface area contributed by atoms with E-state index in [1.165, 1.54) is 0 Å². The molecule has 4 rings (SSSR count). The van der Waals surface area contributed by atoms with Crippen LogP contribution in [0, 0.1) is 0 Å². The van der Waals surface area contributed by atoms with E-state index in [-0.39, 0.29) is 6.61 Å². The Morgan fingerprint density at radius 3 is 2.53 bits per heavy atom. The summed E-state index contributed by atoms with van der Waals surface area (Å²) in [6.45, 7) is 5.71. The number of rotatable bonds is 11. The minimum atomic E-state index is -3.53. The predicted molar refractivity (Wildman–Crippen MR) is 132 cm³/mol. The predicted octanol–water partition coefficient (Wildman–Crippen LogP) is 3.93. The van der Waals surface area contributed by atoms with Crippen LogP contribution in [0.25, 0.3) is 16.8 Å². The second-order valence-electron chi connectivity index (χ2n) is 8.40. The highest BCUT2D eigenvalue weighted by Crippen LogP contribution is 2.26. The molecule has 0 aliphatic carbocycles. The maximum atomic E-state index is 11.2. The molecule has 3 aromatic heterocycles. The van der Waals surface area contributed by atoms with Gasteiger partial charge < -0.3 is 9.47 Å². The summed E-state index contributed by atoms with van der Waals surface area (Å²) >= 11 is 0. The smallest absolute Gasteiger partial charge is 0.264 e. The molecule has 0 fully saturated rings. The van der Waals surface area contributed by atoms with E-state index in [2.05, 4.69) is 23.3 Å². The average molecular weight is 501 g/mol. The Labute approximate surface area is 200 Å². The van der Waals surface area contributed by atoms with Gasteiger partial charge in [0.15, 0.2) is 0 Å². The summed E-state index contributed by atoms with van der Waals surface area (Å²) in [5.74, 6) is 1.28. The van der Waals surface area contributed by atoms with Crippen LogP contribution >= 0.6 is 0 Å². The van der Waals surface area contributed by atoms with E-state index in [4.69, 9.17) is 13.7 Å². The standard InChI is InChI=1S/C23H28N4O5SSi/c1-33(28,29)31-16-19-14-20-6-9-22(15-26(20)25-19)32-21-7-4-18(5-8-21)23-10-11-24-27(23)17-30-12-13-34(2)3/h4-11,14-15,34H,12-13,16-17H2,1-3H3. The summed E-state index contributed by atoms with van der Waals surface area (Å²) in [7, 11) is -4.14. The Kier molecular flexibility index (Phi) is 7.46. The van der Waals surface area contributed by atoms with E-state index < -0.39 is 18.9 Å². The Bertz CT molecular complexity index is 1350. The van der Waals surface area contributed by atoms with Crippen molar-refractivity contribution in [2.45, 2.75) is 32.5 Å². The van der Waals surface area contributed by atoms with E-state index in [1.54, 1.807) is 23.0 Å². The fourth-order valence-electron chi connectivity index (χ4n) is 3.30. The molecule has 0 aliphatic rings. The first-order chi connectivity index (χ1) is 16.3. The summed E-state index contributed by atoms with van der Waals surface area (Å²) in [6.07, 6.45) is 4.52. The van der Waals surface area contributed by atoms with E-state index in [0.29, 0.717) is 23.9 Å². The third kappa shape index (κ3) is 6.53. The van der Waals surface area contributed by atoms with Gasteiger partial charge in [0, 0.05) is 27.2 Å². The van der Waals surface area contributed by atoms with Crippen molar-refractivity contribution in [3.8, 4) is 22.8 Å². The van der Waals surface area contributed by atoms with Gasteiger partial charge in [-0.2, -0.15) is 18.6 Å². The zero-order chi connectivity index (χ0) is 24.1. The van der Waals surface area contributed by atoms with Crippen LogP contribution < -0.4 is 4.74 Å². The molecule has 0 radical (unpaired) electrons. The number of nitrogens with zero attached hydrogens (tertiary/aromatic N) is 4. The molecule has 0 aliphatic heterocycles. The second-order valence-corrected chi connectivity index (χ2v) is 13.4. The van der Waals surface area contributed by atoms with E-state index in [0.717, 1.165) is 35.7 Å². The number of aromatic nitrogens is 4. The Morgan fingerprint density at radius 1 is 1.03 bits per heavy atom. The summed E-state index contributed by atoms with van der Waals surface area (Å²) < 4.78 is 42.4. The highest BCUT2D eigenvalue weighted by atomic mass is 32.2. The van der Waals surface area contributed by atoms with Crippen LogP contribution in [0.5, 0.6) is 11.5 Å². The monoisotopic (exact) mass is 500 g/mol. The normalized spacial score (nSPS) is 12.0. The minimum Gasteiger partial charge on any atom is -0.456 e. The highest BCUT2D eigenvalue weighted by molar-refractivity contribution is 7.85. The van der Waals surface area contributed by atoms with Crippen LogP contribution in [-0.4, -0.2) is 49.5 Å². The lowest BCUT2D eigenvalue weighted by Gasteiger charge is -2.10. The summed E-state index contributed by atoms with van der Waals surface area (Å²) in [5.41, 5.74) is 3.32. The molecule has 0 atom stereocenters. The van der Waals surface area contributed by atoms with Crippen molar-refractivity contribution in [2.75, 3.05) is 12.9 Å². The van der Waals surface area contributed by atoms with Gasteiger partial charge in [0.1, 0.15) is 24.8 Å². The fourth-order valence-corrected chi connectivity index (χ4v) is 4.27. The maximum absolute atomic E-state index is 11.2. The van der Waals surface area contributed by atoms with Gasteiger partial charge in [-0.3, -0.25) is 4.18 Å². The van der Waals surface area contributed by atoms with Gasteiger partial charge in [-0.15, -0.1) is 0 Å². The summed E-state index contributed by atoms with van der Waals surface area (Å²) in [4.78, 5) is 0. The average Bonchev–Trinajstić information content (AvgIpc) is 3.41. The van der Waals surface area contributed by atoms with Crippen LogP contribution in [0.3, 0.4) is 0 Å². The molecule has 1 aromatic carbocycles. The third-order valence-electron chi connectivity index (χ3n) is 5.06. The van der Waals surface area contributed by atoms with Gasteiger partial charge in [-0.25, -0.2) is 9.20 Å². The van der Waals surface area contributed by atoms with Crippen molar-refractivity contribution in [3.63, 3.8) is 0 Å². The fraction of sp³-hybridized carbons (Fsp3) is 0.304. The number of ether oxygens (including phenoxy) is 2. The van der Waals surface area contributed by atoms with Crippen LogP contribution in [0.15, 0.2) is 60.9 Å². The molecule has 11 heteroatoms. The molecule has 0 spiro atoms. The lowest BCUT2D eigenvalue weighted by Crippen LogP contribution is -2.10. The van der Waals surface area contributed by atoms with E-state index in [1.807, 2.05) is 47.1 Å². The van der Waals surface area contributed by atoms with Gasteiger partial charge in [0.25, 0.3) is 10.1 Å². The van der Waals surface area contributed by atoms with Gasteiger partial charge in [0.05, 0.1) is 29.4 Å². The van der Waals surface area contributed by atoms with Crippen molar-refractivity contribution >= 4 is 24.4 Å². The largest absolute Gasteiger partial charge is 0.456 e. The van der Waals surface area contributed by atoms with E-state index >= 15 is 0 Å². The number of benzene rings is 1. The summed E-state index contributed by atoms with van der Waals surface area (Å²) in [6, 6.07) is 16.3. The van der Waals surface area contributed by atoms with Crippen molar-refractivity contribution < 1.29 is 22.1 Å². The molecule has 0 bridgehead atoms. The molecule has 4 aromatic rings. The van der Waals surface area contributed by atoms with Gasteiger partial charge in [-0.1, -0.05) is 13.1 Å². The van der Waals surface area contributed by atoms with Gasteiger partial charge >= 0.3 is 0 Å². The Hall–Kier alpha value is -2.99. The minimum absolute atomic E-state index is 0.112. The number of fused-ring (bicyclic) bond motifs is 1. The van der Waals surface area contributed by atoms with Gasteiger partial charge in [-0.05, 0) is 54.6 Å². The zero-order valence-electron chi connectivity index (χ0n) is 19.4. The first-order valence-electron chi connectivity index (χ1n) is 11.0. The third-order valence-corrected chi connectivity index (χ3v) is 7.00. The van der Waals surface area contributed by atoms with Crippen molar-refractivity contribution in [1.82, 2.24) is 19.4 Å². The van der Waals surface area contributed by atoms with Crippen molar-refractivity contribution in [3.05, 3.63) is 66.6 Å². The molecule has 0 N–H and O–H groups in total. The quantitative estimate of drug-likeness (QED) is 0.175. The Morgan fingerprint density at radius 2 is 1.79 bits per heavy atom. The molecule has 34 heavy (non-hydrogen) atoms. The van der Waals surface area contributed by atoms with E-state index in [9.17, 15) is 8.42 Å². The van der Waals surface area contributed by atoms with Crippen LogP contribution in [-0.2, 0) is 32.4 Å². The molecular weight excluding hydrogens is 472 g/mol. The first kappa shape index (κ1) is 24.1. The van der Waals surface area contributed by atoms with Crippen LogP contribution in [0.2, 0.25) is 19.1 Å². The Balaban J connectivity index is 1.40.